The Bertz CT molecular complexity index is 1040. The third kappa shape index (κ3) is 3.25. The van der Waals surface area contributed by atoms with Gasteiger partial charge in [-0.1, -0.05) is 41.7 Å². The van der Waals surface area contributed by atoms with Crippen LogP contribution in [0.4, 0.5) is 0 Å². The van der Waals surface area contributed by atoms with Gasteiger partial charge in [0, 0.05) is 16.5 Å². The van der Waals surface area contributed by atoms with E-state index in [1.54, 1.807) is 11.7 Å². The molecule has 0 N–H and O–H groups in total. The number of benzene rings is 2. The topological polar surface area (TPSA) is 57.5 Å². The molecule has 1 aliphatic rings. The molecule has 1 aromatic heterocycles. The highest BCUT2D eigenvalue weighted by Gasteiger charge is 2.40. The van der Waals surface area contributed by atoms with E-state index in [1.807, 2.05) is 54.6 Å². The highest BCUT2D eigenvalue weighted by Crippen LogP contribution is 2.47. The number of thiazole rings is 1. The Balaban J connectivity index is 1.87. The van der Waals surface area contributed by atoms with Crippen LogP contribution >= 0.6 is 23.1 Å². The number of para-hydroxylation sites is 1. The van der Waals surface area contributed by atoms with Crippen molar-refractivity contribution in [2.24, 2.45) is 5.92 Å². The molecule has 2 aromatic carbocycles. The fourth-order valence-corrected chi connectivity index (χ4v) is 6.20. The number of fused-ring (bicyclic) bond motifs is 1. The standard InChI is InChI=1S/C21H19NO4S2/c1-25-15-10-8-13(9-11-15)17-16(20(23)26-2)12-27-19-18(17)28-21(24)22(19)14-6-4-3-5-7-14/h3-11,16-17H,12H2,1-2H3/t16-,17-/m0/s1. The molecule has 3 aromatic rings. The van der Waals surface area contributed by atoms with Gasteiger partial charge in [0.05, 0.1) is 30.9 Å². The first-order valence-corrected chi connectivity index (χ1v) is 10.6. The van der Waals surface area contributed by atoms with E-state index in [4.69, 9.17) is 9.47 Å². The molecule has 1 aliphatic heterocycles. The van der Waals surface area contributed by atoms with Gasteiger partial charge in [0.1, 0.15) is 5.75 Å². The Hall–Kier alpha value is -2.51. The normalized spacial score (nSPS) is 18.4. The zero-order valence-corrected chi connectivity index (χ0v) is 17.1. The molecule has 4 rings (SSSR count). The Kier molecular flexibility index (Phi) is 5.28. The van der Waals surface area contributed by atoms with Crippen molar-refractivity contribution in [2.75, 3.05) is 20.0 Å². The highest BCUT2D eigenvalue weighted by molar-refractivity contribution is 7.99. The number of hydrogen-bond acceptors (Lipinski definition) is 6. The number of thioether (sulfide) groups is 1. The zero-order valence-electron chi connectivity index (χ0n) is 15.5. The van der Waals surface area contributed by atoms with Gasteiger partial charge in [-0.25, -0.2) is 0 Å². The minimum absolute atomic E-state index is 0.0484. The van der Waals surface area contributed by atoms with E-state index in [-0.39, 0.29) is 22.7 Å². The molecule has 28 heavy (non-hydrogen) atoms. The third-order valence-electron chi connectivity index (χ3n) is 4.87. The summed E-state index contributed by atoms with van der Waals surface area (Å²) in [7, 11) is 3.03. The smallest absolute Gasteiger partial charge is 0.312 e. The van der Waals surface area contributed by atoms with E-state index in [1.165, 1.54) is 30.2 Å². The molecule has 0 aliphatic carbocycles. The quantitative estimate of drug-likeness (QED) is 0.607. The van der Waals surface area contributed by atoms with Gasteiger partial charge in [-0.15, -0.1) is 11.8 Å². The monoisotopic (exact) mass is 413 g/mol. The molecule has 0 spiro atoms. The van der Waals surface area contributed by atoms with Crippen LogP contribution in [0.15, 0.2) is 64.4 Å². The van der Waals surface area contributed by atoms with Crippen LogP contribution in [-0.4, -0.2) is 30.5 Å². The maximum absolute atomic E-state index is 12.9. The molecule has 0 bridgehead atoms. The summed E-state index contributed by atoms with van der Waals surface area (Å²) in [5.74, 6) is 0.472. The summed E-state index contributed by atoms with van der Waals surface area (Å²) in [5.41, 5.74) is 1.81. The lowest BCUT2D eigenvalue weighted by atomic mass is 9.85. The summed E-state index contributed by atoms with van der Waals surface area (Å²) in [5, 5.41) is 0.905. The van der Waals surface area contributed by atoms with Gasteiger partial charge in [0.2, 0.25) is 0 Å². The number of methoxy groups -OCH3 is 2. The van der Waals surface area contributed by atoms with Crippen molar-refractivity contribution in [1.82, 2.24) is 4.57 Å². The predicted molar refractivity (Wildman–Crippen MR) is 111 cm³/mol. The van der Waals surface area contributed by atoms with Gasteiger partial charge < -0.3 is 9.47 Å². The second-order valence-corrected chi connectivity index (χ2v) is 8.40. The number of hydrogen-bond donors (Lipinski definition) is 0. The van der Waals surface area contributed by atoms with Gasteiger partial charge in [-0.2, -0.15) is 0 Å². The SMILES string of the molecule is COC(=O)[C@H]1CSc2c(sc(=O)n2-c2ccccc2)[C@H]1c1ccc(OC)cc1. The van der Waals surface area contributed by atoms with Crippen molar-refractivity contribution in [3.63, 3.8) is 0 Å². The lowest BCUT2D eigenvalue weighted by Crippen LogP contribution is -2.29. The molecule has 2 atom stereocenters. The average Bonchev–Trinajstić information content (AvgIpc) is 3.09. The summed E-state index contributed by atoms with van der Waals surface area (Å²) in [4.78, 5) is 26.2. The average molecular weight is 414 g/mol. The largest absolute Gasteiger partial charge is 0.497 e. The van der Waals surface area contributed by atoms with E-state index in [9.17, 15) is 9.59 Å². The number of carbonyl (C=O) groups is 1. The fourth-order valence-electron chi connectivity index (χ4n) is 3.51. The van der Waals surface area contributed by atoms with Crippen molar-refractivity contribution < 1.29 is 14.3 Å². The molecule has 0 saturated carbocycles. The fraction of sp³-hybridized carbons (Fsp3) is 0.238. The Morgan fingerprint density at radius 2 is 1.79 bits per heavy atom. The van der Waals surface area contributed by atoms with Crippen LogP contribution in [0.3, 0.4) is 0 Å². The van der Waals surface area contributed by atoms with E-state index in [0.717, 1.165) is 26.9 Å². The number of aromatic nitrogens is 1. The van der Waals surface area contributed by atoms with E-state index < -0.39 is 0 Å². The lowest BCUT2D eigenvalue weighted by Gasteiger charge is -2.30. The lowest BCUT2D eigenvalue weighted by molar-refractivity contribution is -0.145. The minimum Gasteiger partial charge on any atom is -0.497 e. The number of rotatable bonds is 4. The number of esters is 1. The molecule has 0 radical (unpaired) electrons. The second-order valence-electron chi connectivity index (χ2n) is 6.40. The molecular formula is C21H19NO4S2. The number of nitrogens with zero attached hydrogens (tertiary/aromatic N) is 1. The van der Waals surface area contributed by atoms with Gasteiger partial charge in [-0.05, 0) is 29.8 Å². The molecule has 2 heterocycles. The van der Waals surface area contributed by atoms with Crippen molar-refractivity contribution in [3.8, 4) is 11.4 Å². The first-order chi connectivity index (χ1) is 13.6. The molecule has 0 fully saturated rings. The van der Waals surface area contributed by atoms with E-state index in [0.29, 0.717) is 5.75 Å². The van der Waals surface area contributed by atoms with Crippen molar-refractivity contribution >= 4 is 29.1 Å². The predicted octanol–water partition coefficient (Wildman–Crippen LogP) is 3.93. The highest BCUT2D eigenvalue weighted by atomic mass is 32.2. The molecule has 144 valence electrons. The van der Waals surface area contributed by atoms with Crippen LogP contribution < -0.4 is 9.61 Å². The molecule has 0 unspecified atom stereocenters. The van der Waals surface area contributed by atoms with Crippen LogP contribution in [0.5, 0.6) is 5.75 Å². The molecule has 7 heteroatoms. The number of carbonyl (C=O) groups excluding carboxylic acids is 1. The third-order valence-corrected chi connectivity index (χ3v) is 7.23. The molecular weight excluding hydrogens is 394 g/mol. The van der Waals surface area contributed by atoms with Crippen molar-refractivity contribution in [2.45, 2.75) is 10.9 Å². The Labute approximate surface area is 170 Å². The second kappa shape index (κ2) is 7.85. The molecule has 5 nitrogen and oxygen atoms in total. The van der Waals surface area contributed by atoms with Crippen LogP contribution in [0.2, 0.25) is 0 Å². The summed E-state index contributed by atoms with van der Waals surface area (Å²) in [6.07, 6.45) is 0. The first-order valence-electron chi connectivity index (χ1n) is 8.79. The molecule has 0 amide bonds. The van der Waals surface area contributed by atoms with Crippen LogP contribution in [0.25, 0.3) is 5.69 Å². The van der Waals surface area contributed by atoms with Gasteiger partial charge in [0.15, 0.2) is 0 Å². The van der Waals surface area contributed by atoms with Crippen molar-refractivity contribution in [3.05, 3.63) is 74.7 Å². The maximum Gasteiger partial charge on any atom is 0.312 e. The summed E-state index contributed by atoms with van der Waals surface area (Å²) < 4.78 is 12.1. The zero-order chi connectivity index (χ0) is 19.7. The summed E-state index contributed by atoms with van der Waals surface area (Å²) in [6.45, 7) is 0. The number of ether oxygens (including phenoxy) is 2. The Morgan fingerprint density at radius 1 is 1.07 bits per heavy atom. The van der Waals surface area contributed by atoms with Gasteiger partial charge in [0.25, 0.3) is 0 Å². The van der Waals surface area contributed by atoms with E-state index in [2.05, 4.69) is 0 Å². The minimum atomic E-state index is -0.349. The molecule has 0 saturated heterocycles. The maximum atomic E-state index is 12.9. The summed E-state index contributed by atoms with van der Waals surface area (Å²) >= 11 is 2.74. The van der Waals surface area contributed by atoms with Crippen molar-refractivity contribution in [1.29, 1.82) is 0 Å². The van der Waals surface area contributed by atoms with Crippen LogP contribution in [0.1, 0.15) is 16.4 Å². The van der Waals surface area contributed by atoms with Gasteiger partial charge >= 0.3 is 10.8 Å². The van der Waals surface area contributed by atoms with E-state index >= 15 is 0 Å². The van der Waals surface area contributed by atoms with Crippen LogP contribution in [0, 0.1) is 5.92 Å². The first kappa shape index (κ1) is 18.8. The summed E-state index contributed by atoms with van der Waals surface area (Å²) in [6, 6.07) is 17.3. The Morgan fingerprint density at radius 3 is 2.43 bits per heavy atom. The van der Waals surface area contributed by atoms with Crippen LogP contribution in [-0.2, 0) is 9.53 Å². The van der Waals surface area contributed by atoms with Gasteiger partial charge in [-0.3, -0.25) is 14.2 Å².